The van der Waals surface area contributed by atoms with Crippen molar-refractivity contribution in [3.63, 3.8) is 0 Å². The molecule has 124 valence electrons. The summed E-state index contributed by atoms with van der Waals surface area (Å²) < 4.78 is 0. The minimum atomic E-state index is 0.492. The Morgan fingerprint density at radius 2 is 1.83 bits per heavy atom. The summed E-state index contributed by atoms with van der Waals surface area (Å²) >= 11 is 0. The first-order valence-corrected chi connectivity index (χ1v) is 8.28. The third kappa shape index (κ3) is 3.14. The number of aryl methyl sites for hydroxylation is 2. The van der Waals surface area contributed by atoms with Gasteiger partial charge in [-0.05, 0) is 51.7 Å². The van der Waals surface area contributed by atoms with Crippen LogP contribution in [0.3, 0.4) is 0 Å². The Kier molecular flexibility index (Phi) is 4.46. The van der Waals surface area contributed by atoms with E-state index >= 15 is 0 Å². The van der Waals surface area contributed by atoms with E-state index in [1.807, 2.05) is 6.92 Å². The van der Waals surface area contributed by atoms with E-state index in [0.29, 0.717) is 18.0 Å². The van der Waals surface area contributed by atoms with Crippen LogP contribution < -0.4 is 15.8 Å². The Balaban J connectivity index is 1.82. The van der Waals surface area contributed by atoms with Crippen molar-refractivity contribution in [2.45, 2.75) is 46.2 Å². The number of fused-ring (bicyclic) bond motifs is 1. The van der Waals surface area contributed by atoms with Crippen LogP contribution in [0.15, 0.2) is 12.4 Å². The second kappa shape index (κ2) is 6.37. The van der Waals surface area contributed by atoms with E-state index < -0.39 is 0 Å². The minimum absolute atomic E-state index is 0.492. The van der Waals surface area contributed by atoms with E-state index in [9.17, 15) is 0 Å². The van der Waals surface area contributed by atoms with Crippen molar-refractivity contribution in [1.29, 1.82) is 0 Å². The van der Waals surface area contributed by atoms with E-state index in [2.05, 4.69) is 64.6 Å². The van der Waals surface area contributed by atoms with Crippen molar-refractivity contribution in [1.82, 2.24) is 25.8 Å². The smallest absolute Gasteiger partial charge is 0.165 e. The number of anilines is 1. The number of hydrazine groups is 1. The first kappa shape index (κ1) is 16.1. The number of nitrogens with zero attached hydrogens (tertiary/aromatic N) is 4. The molecular weight excluding hydrogens is 288 g/mol. The molecular formula is C17H26N6. The zero-order valence-electron chi connectivity index (χ0n) is 14.6. The van der Waals surface area contributed by atoms with Crippen LogP contribution in [0.2, 0.25) is 0 Å². The average molecular weight is 314 g/mol. The SMILES string of the molecule is Cc1cc(C)c2c(N(C)CCC3C(C)NNC3C)ncnc2n1. The highest BCUT2D eigenvalue weighted by Gasteiger charge is 2.29. The molecule has 0 amide bonds. The van der Waals surface area contributed by atoms with Crippen LogP contribution in [0.1, 0.15) is 31.5 Å². The van der Waals surface area contributed by atoms with Gasteiger partial charge in [0.25, 0.3) is 0 Å². The maximum atomic E-state index is 4.54. The van der Waals surface area contributed by atoms with Gasteiger partial charge in [-0.3, -0.25) is 10.9 Å². The Labute approximate surface area is 137 Å². The van der Waals surface area contributed by atoms with Crippen molar-refractivity contribution in [3.05, 3.63) is 23.7 Å². The number of pyridine rings is 1. The van der Waals surface area contributed by atoms with Crippen LogP contribution in [-0.2, 0) is 0 Å². The molecule has 1 fully saturated rings. The maximum absolute atomic E-state index is 4.54. The second-order valence-corrected chi connectivity index (χ2v) is 6.72. The molecule has 0 radical (unpaired) electrons. The molecule has 3 heterocycles. The number of aromatic nitrogens is 3. The van der Waals surface area contributed by atoms with Crippen molar-refractivity contribution in [2.24, 2.45) is 5.92 Å². The van der Waals surface area contributed by atoms with E-state index in [0.717, 1.165) is 35.5 Å². The largest absolute Gasteiger partial charge is 0.359 e. The van der Waals surface area contributed by atoms with Gasteiger partial charge in [0.15, 0.2) is 5.65 Å². The summed E-state index contributed by atoms with van der Waals surface area (Å²) in [6.45, 7) is 9.53. The number of hydrogen-bond donors (Lipinski definition) is 2. The number of rotatable bonds is 4. The van der Waals surface area contributed by atoms with Gasteiger partial charge in [-0.25, -0.2) is 15.0 Å². The second-order valence-electron chi connectivity index (χ2n) is 6.72. The van der Waals surface area contributed by atoms with Gasteiger partial charge in [0.2, 0.25) is 0 Å². The molecule has 2 unspecified atom stereocenters. The van der Waals surface area contributed by atoms with Gasteiger partial charge in [-0.1, -0.05) is 0 Å². The molecule has 0 spiro atoms. The summed E-state index contributed by atoms with van der Waals surface area (Å²) in [6, 6.07) is 3.08. The van der Waals surface area contributed by atoms with Crippen LogP contribution in [0.4, 0.5) is 5.82 Å². The molecule has 2 aromatic heterocycles. The van der Waals surface area contributed by atoms with Crippen molar-refractivity contribution in [3.8, 4) is 0 Å². The van der Waals surface area contributed by atoms with Gasteiger partial charge in [0, 0.05) is 31.4 Å². The standard InChI is InChI=1S/C17H26N6/c1-10-8-11(2)20-16-15(10)17(19-9-18-16)23(5)7-6-14-12(3)21-22-13(14)4/h8-9,12-14,21-22H,6-7H2,1-5H3. The van der Waals surface area contributed by atoms with Gasteiger partial charge in [-0.15, -0.1) is 0 Å². The van der Waals surface area contributed by atoms with E-state index in [-0.39, 0.29) is 0 Å². The lowest BCUT2D eigenvalue weighted by molar-refractivity contribution is 0.416. The Hall–Kier alpha value is -1.79. The summed E-state index contributed by atoms with van der Waals surface area (Å²) in [7, 11) is 2.10. The number of nitrogens with one attached hydrogen (secondary N) is 2. The minimum Gasteiger partial charge on any atom is -0.359 e. The molecule has 0 aliphatic carbocycles. The van der Waals surface area contributed by atoms with Crippen molar-refractivity contribution in [2.75, 3.05) is 18.5 Å². The molecule has 2 N–H and O–H groups in total. The van der Waals surface area contributed by atoms with Crippen LogP contribution in [0.5, 0.6) is 0 Å². The molecule has 0 bridgehead atoms. The van der Waals surface area contributed by atoms with Gasteiger partial charge in [0.1, 0.15) is 12.1 Å². The van der Waals surface area contributed by atoms with Crippen LogP contribution in [0, 0.1) is 19.8 Å². The highest BCUT2D eigenvalue weighted by molar-refractivity contribution is 5.89. The van der Waals surface area contributed by atoms with Gasteiger partial charge in [-0.2, -0.15) is 0 Å². The van der Waals surface area contributed by atoms with E-state index in [4.69, 9.17) is 0 Å². The Morgan fingerprint density at radius 1 is 1.13 bits per heavy atom. The highest BCUT2D eigenvalue weighted by atomic mass is 15.4. The van der Waals surface area contributed by atoms with Gasteiger partial charge < -0.3 is 4.90 Å². The summed E-state index contributed by atoms with van der Waals surface area (Å²) in [5.41, 5.74) is 9.60. The predicted molar refractivity (Wildman–Crippen MR) is 93.4 cm³/mol. The lowest BCUT2D eigenvalue weighted by Crippen LogP contribution is -2.30. The molecule has 2 aromatic rings. The fraction of sp³-hybridized carbons (Fsp3) is 0.588. The molecule has 0 aromatic carbocycles. The predicted octanol–water partition coefficient (Wildman–Crippen LogP) is 1.97. The first-order valence-electron chi connectivity index (χ1n) is 8.28. The first-order chi connectivity index (χ1) is 11.0. The number of hydrogen-bond acceptors (Lipinski definition) is 6. The fourth-order valence-electron chi connectivity index (χ4n) is 3.54. The lowest BCUT2D eigenvalue weighted by Gasteiger charge is -2.24. The molecule has 6 nitrogen and oxygen atoms in total. The highest BCUT2D eigenvalue weighted by Crippen LogP contribution is 2.26. The van der Waals surface area contributed by atoms with Gasteiger partial charge >= 0.3 is 0 Å². The molecule has 0 saturated carbocycles. The third-order valence-electron chi connectivity index (χ3n) is 4.89. The summed E-state index contributed by atoms with van der Waals surface area (Å²) in [4.78, 5) is 15.6. The zero-order chi connectivity index (χ0) is 16.6. The molecule has 23 heavy (non-hydrogen) atoms. The molecule has 2 atom stereocenters. The molecule has 1 saturated heterocycles. The topological polar surface area (TPSA) is 66.0 Å². The van der Waals surface area contributed by atoms with Crippen molar-refractivity contribution >= 4 is 16.9 Å². The summed E-state index contributed by atoms with van der Waals surface area (Å²) in [5, 5.41) is 1.06. The van der Waals surface area contributed by atoms with Crippen LogP contribution in [-0.4, -0.2) is 40.6 Å². The van der Waals surface area contributed by atoms with Crippen LogP contribution in [0.25, 0.3) is 11.0 Å². The average Bonchev–Trinajstić information content (AvgIpc) is 2.82. The zero-order valence-corrected chi connectivity index (χ0v) is 14.6. The monoisotopic (exact) mass is 314 g/mol. The van der Waals surface area contributed by atoms with Crippen molar-refractivity contribution < 1.29 is 0 Å². The fourth-order valence-corrected chi connectivity index (χ4v) is 3.54. The van der Waals surface area contributed by atoms with Crippen LogP contribution >= 0.6 is 0 Å². The molecule has 1 aliphatic heterocycles. The molecule has 6 heteroatoms. The summed E-state index contributed by atoms with van der Waals surface area (Å²) in [5.74, 6) is 1.59. The third-order valence-corrected chi connectivity index (χ3v) is 4.89. The van der Waals surface area contributed by atoms with E-state index in [1.54, 1.807) is 6.33 Å². The lowest BCUT2D eigenvalue weighted by atomic mass is 9.93. The normalized spacial score (nSPS) is 24.3. The quantitative estimate of drug-likeness (QED) is 0.899. The molecule has 3 rings (SSSR count). The van der Waals surface area contributed by atoms with Gasteiger partial charge in [0.05, 0.1) is 5.39 Å². The molecule has 1 aliphatic rings. The Bertz CT molecular complexity index is 691. The van der Waals surface area contributed by atoms with E-state index in [1.165, 1.54) is 5.56 Å². The Morgan fingerprint density at radius 3 is 2.52 bits per heavy atom. The maximum Gasteiger partial charge on any atom is 0.165 e. The summed E-state index contributed by atoms with van der Waals surface area (Å²) in [6.07, 6.45) is 2.73.